The van der Waals surface area contributed by atoms with Crippen LogP contribution in [0.5, 0.6) is 11.6 Å². The molecule has 0 saturated carbocycles. The monoisotopic (exact) mass is 439 g/mol. The van der Waals surface area contributed by atoms with Crippen molar-refractivity contribution in [1.29, 1.82) is 0 Å². The van der Waals surface area contributed by atoms with Crippen molar-refractivity contribution in [1.82, 2.24) is 4.37 Å². The number of ether oxygens (including phenoxy) is 2. The van der Waals surface area contributed by atoms with Crippen molar-refractivity contribution in [2.75, 3.05) is 5.32 Å². The van der Waals surface area contributed by atoms with E-state index in [-0.39, 0.29) is 32.8 Å². The van der Waals surface area contributed by atoms with E-state index in [0.29, 0.717) is 11.5 Å². The number of nitrogens with zero attached hydrogens (tertiary/aromatic N) is 1. The van der Waals surface area contributed by atoms with Crippen LogP contribution in [-0.2, 0) is 6.61 Å². The molecule has 0 unspecified atom stereocenters. The second-order valence-electron chi connectivity index (χ2n) is 5.53. The molecule has 0 saturated heterocycles. The van der Waals surface area contributed by atoms with E-state index in [9.17, 15) is 18.4 Å². The van der Waals surface area contributed by atoms with Gasteiger partial charge in [0.25, 0.3) is 5.91 Å². The van der Waals surface area contributed by atoms with Crippen molar-refractivity contribution in [3.63, 3.8) is 0 Å². The second kappa shape index (κ2) is 8.84. The number of nitrogens with two attached hydrogens (primary N) is 1. The maximum Gasteiger partial charge on any atom is 0.417 e. The Morgan fingerprint density at radius 3 is 2.59 bits per heavy atom. The number of para-hydroxylation sites is 1. The average molecular weight is 440 g/mol. The smallest absolute Gasteiger partial charge is 0.417 e. The van der Waals surface area contributed by atoms with Crippen LogP contribution in [0.4, 0.5) is 18.6 Å². The van der Waals surface area contributed by atoms with Gasteiger partial charge in [0.15, 0.2) is 0 Å². The van der Waals surface area contributed by atoms with Gasteiger partial charge in [0.05, 0.1) is 5.02 Å². The Balaban J connectivity index is 1.74. The Bertz CT molecular complexity index is 1060. The molecular weight excluding hydrogens is 428 g/mol. The molecule has 11 heteroatoms. The Morgan fingerprint density at radius 2 is 1.90 bits per heavy atom. The first-order valence-corrected chi connectivity index (χ1v) is 9.10. The highest BCUT2D eigenvalue weighted by atomic mass is 35.5. The summed E-state index contributed by atoms with van der Waals surface area (Å²) in [6.45, 7) is -0.447. The summed E-state index contributed by atoms with van der Waals surface area (Å²) in [6.07, 6.45) is -0.875. The van der Waals surface area contributed by atoms with Gasteiger partial charge in [-0.1, -0.05) is 29.8 Å². The lowest BCUT2D eigenvalue weighted by molar-refractivity contribution is 0.0996. The molecular formula is C18H12ClF2N3O4S. The zero-order valence-electron chi connectivity index (χ0n) is 14.4. The first-order valence-electron chi connectivity index (χ1n) is 7.94. The number of aromatic nitrogens is 1. The summed E-state index contributed by atoms with van der Waals surface area (Å²) in [7, 11) is 0. The predicted molar refractivity (Wildman–Crippen MR) is 102 cm³/mol. The van der Waals surface area contributed by atoms with E-state index >= 15 is 0 Å². The predicted octanol–water partition coefficient (Wildman–Crippen LogP) is 4.36. The molecule has 0 bridgehead atoms. The number of hydrogen-bond acceptors (Lipinski definition) is 6. The van der Waals surface area contributed by atoms with Gasteiger partial charge in [-0.05, 0) is 35.8 Å². The molecule has 3 aromatic rings. The number of benzene rings is 2. The number of amides is 2. The molecule has 0 aliphatic rings. The maximum atomic E-state index is 13.9. The zero-order chi connectivity index (χ0) is 21.0. The van der Waals surface area contributed by atoms with Gasteiger partial charge in [-0.3, -0.25) is 10.1 Å². The topological polar surface area (TPSA) is 104 Å². The number of hydrogen-bond donors (Lipinski definition) is 2. The molecule has 0 aliphatic carbocycles. The van der Waals surface area contributed by atoms with Crippen LogP contribution in [0.3, 0.4) is 0 Å². The van der Waals surface area contributed by atoms with Crippen LogP contribution < -0.4 is 20.5 Å². The average Bonchev–Trinajstić information content (AvgIpc) is 3.07. The summed E-state index contributed by atoms with van der Waals surface area (Å²) in [4.78, 5) is 23.8. The lowest BCUT2D eigenvalue weighted by Crippen LogP contribution is -2.20. The molecule has 3 N–H and O–H groups in total. The second-order valence-corrected chi connectivity index (χ2v) is 6.71. The number of halogens is 3. The Hall–Kier alpha value is -3.24. The molecule has 150 valence electrons. The van der Waals surface area contributed by atoms with Gasteiger partial charge in [-0.2, -0.15) is 4.37 Å². The van der Waals surface area contributed by atoms with Gasteiger partial charge >= 0.3 is 6.09 Å². The van der Waals surface area contributed by atoms with Crippen molar-refractivity contribution in [2.45, 2.75) is 6.61 Å². The maximum absolute atomic E-state index is 13.9. The Kier molecular flexibility index (Phi) is 6.25. The van der Waals surface area contributed by atoms with Gasteiger partial charge in [0.1, 0.15) is 34.6 Å². The number of nitrogens with one attached hydrogen (secondary N) is 1. The fourth-order valence-electron chi connectivity index (χ4n) is 2.21. The molecule has 0 radical (unpaired) electrons. The largest absolute Gasteiger partial charge is 0.471 e. The van der Waals surface area contributed by atoms with Crippen LogP contribution in [0.1, 0.15) is 15.9 Å². The summed E-state index contributed by atoms with van der Waals surface area (Å²) in [5.74, 6) is -2.52. The van der Waals surface area contributed by atoms with E-state index in [1.807, 2.05) is 0 Å². The van der Waals surface area contributed by atoms with Gasteiger partial charge in [0.2, 0.25) is 5.88 Å². The number of primary amides is 1. The van der Waals surface area contributed by atoms with Crippen LogP contribution in [-0.4, -0.2) is 16.4 Å². The first kappa shape index (κ1) is 20.5. The number of anilines is 1. The molecule has 0 aliphatic heterocycles. The number of carbonyl (C=O) groups is 2. The molecule has 0 spiro atoms. The highest BCUT2D eigenvalue weighted by Gasteiger charge is 2.23. The van der Waals surface area contributed by atoms with Gasteiger partial charge in [-0.25, -0.2) is 13.6 Å². The van der Waals surface area contributed by atoms with Crippen molar-refractivity contribution < 1.29 is 27.8 Å². The van der Waals surface area contributed by atoms with Crippen LogP contribution in [0.15, 0.2) is 42.5 Å². The van der Waals surface area contributed by atoms with Crippen molar-refractivity contribution in [2.24, 2.45) is 5.73 Å². The van der Waals surface area contributed by atoms with E-state index in [1.54, 1.807) is 30.3 Å². The number of rotatable bonds is 6. The minimum absolute atomic E-state index is 0.0174. The third-order valence-corrected chi connectivity index (χ3v) is 4.57. The lowest BCUT2D eigenvalue weighted by atomic mass is 10.2. The SMILES string of the molecule is NC(=O)c1c(OCc2cc(F)c(Cl)cc2F)nsc1NC(=O)Oc1ccccc1. The summed E-state index contributed by atoms with van der Waals surface area (Å²) < 4.78 is 41.6. The zero-order valence-corrected chi connectivity index (χ0v) is 16.0. The molecule has 0 atom stereocenters. The summed E-state index contributed by atoms with van der Waals surface area (Å²) in [5, 5.41) is 1.96. The highest BCUT2D eigenvalue weighted by Crippen LogP contribution is 2.31. The van der Waals surface area contributed by atoms with E-state index in [0.717, 1.165) is 12.1 Å². The molecule has 29 heavy (non-hydrogen) atoms. The molecule has 3 rings (SSSR count). The Labute approximate surface area is 172 Å². The van der Waals surface area contributed by atoms with E-state index in [4.69, 9.17) is 26.8 Å². The van der Waals surface area contributed by atoms with Gasteiger partial charge in [-0.15, -0.1) is 0 Å². The Morgan fingerprint density at radius 1 is 1.17 bits per heavy atom. The van der Waals surface area contributed by atoms with Crippen LogP contribution >= 0.6 is 23.1 Å². The number of carbonyl (C=O) groups excluding carboxylic acids is 2. The fourth-order valence-corrected chi connectivity index (χ4v) is 3.09. The van der Waals surface area contributed by atoms with Crippen LogP contribution in [0.25, 0.3) is 0 Å². The highest BCUT2D eigenvalue weighted by molar-refractivity contribution is 7.11. The molecule has 0 fully saturated rings. The van der Waals surface area contributed by atoms with E-state index in [1.165, 1.54) is 0 Å². The lowest BCUT2D eigenvalue weighted by Gasteiger charge is -2.08. The normalized spacial score (nSPS) is 10.4. The molecule has 2 amide bonds. The first-order chi connectivity index (χ1) is 13.8. The van der Waals surface area contributed by atoms with Crippen molar-refractivity contribution in [3.05, 3.63) is 70.2 Å². The molecule has 7 nitrogen and oxygen atoms in total. The standard InChI is InChI=1S/C18H12ClF2N3O4S/c19-11-7-12(20)9(6-13(11)21)8-27-16-14(15(22)25)17(29-24-16)23-18(26)28-10-4-2-1-3-5-10/h1-7H,8H2,(H2,22,25)(H,23,26). The molecule has 1 aromatic heterocycles. The van der Waals surface area contributed by atoms with Gasteiger partial charge < -0.3 is 15.2 Å². The van der Waals surface area contributed by atoms with Crippen molar-refractivity contribution in [3.8, 4) is 11.6 Å². The third kappa shape index (κ3) is 4.98. The molecule has 1 heterocycles. The van der Waals surface area contributed by atoms with Crippen molar-refractivity contribution >= 4 is 40.1 Å². The summed E-state index contributed by atoms with van der Waals surface area (Å²) in [6, 6.07) is 9.90. The fraction of sp³-hybridized carbons (Fsp3) is 0.0556. The minimum atomic E-state index is -0.938. The van der Waals surface area contributed by atoms with Gasteiger partial charge in [0, 0.05) is 5.56 Å². The van der Waals surface area contributed by atoms with Crippen LogP contribution in [0.2, 0.25) is 5.02 Å². The van der Waals surface area contributed by atoms with Crippen LogP contribution in [0, 0.1) is 11.6 Å². The quantitative estimate of drug-likeness (QED) is 0.555. The van der Waals surface area contributed by atoms with E-state index < -0.39 is 30.2 Å². The summed E-state index contributed by atoms with van der Waals surface area (Å²) >= 11 is 6.21. The summed E-state index contributed by atoms with van der Waals surface area (Å²) in [5.41, 5.74) is 4.96. The minimum Gasteiger partial charge on any atom is -0.471 e. The third-order valence-electron chi connectivity index (χ3n) is 3.53. The molecule has 2 aromatic carbocycles. The van der Waals surface area contributed by atoms with E-state index in [2.05, 4.69) is 9.69 Å².